The van der Waals surface area contributed by atoms with Crippen molar-refractivity contribution in [3.05, 3.63) is 66.2 Å². The Hall–Kier alpha value is -1.94. The summed E-state index contributed by atoms with van der Waals surface area (Å²) in [6.07, 6.45) is 0.982. The molecule has 24 heavy (non-hydrogen) atoms. The zero-order valence-electron chi connectivity index (χ0n) is 14.1. The highest BCUT2D eigenvalue weighted by atomic mass is 32.2. The van der Waals surface area contributed by atoms with Gasteiger partial charge in [-0.3, -0.25) is 0 Å². The third-order valence-corrected chi connectivity index (χ3v) is 5.94. The lowest BCUT2D eigenvalue weighted by atomic mass is 9.77. The highest BCUT2D eigenvalue weighted by Crippen LogP contribution is 2.42. The first-order valence-corrected chi connectivity index (χ1v) is 9.17. The van der Waals surface area contributed by atoms with E-state index in [0.29, 0.717) is 12.5 Å². The topological polar surface area (TPSA) is 30.8 Å². The van der Waals surface area contributed by atoms with Crippen LogP contribution in [0.1, 0.15) is 12.5 Å². The van der Waals surface area contributed by atoms with Gasteiger partial charge in [-0.25, -0.2) is 0 Å². The summed E-state index contributed by atoms with van der Waals surface area (Å²) in [4.78, 5) is 6.29. The van der Waals surface area contributed by atoms with Crippen LogP contribution < -0.4 is 0 Å². The van der Waals surface area contributed by atoms with Crippen molar-refractivity contribution in [2.24, 2.45) is 16.5 Å². The predicted molar refractivity (Wildman–Crippen MR) is 99.3 cm³/mol. The molecular weight excluding hydrogens is 318 g/mol. The van der Waals surface area contributed by atoms with E-state index in [1.54, 1.807) is 7.11 Å². The summed E-state index contributed by atoms with van der Waals surface area (Å²) in [5, 5.41) is 4.16. The molecule has 0 radical (unpaired) electrons. The average Bonchev–Trinajstić information content (AvgIpc) is 2.92. The minimum Gasteiger partial charge on any atom is -0.478 e. The van der Waals surface area contributed by atoms with Crippen LogP contribution in [0.2, 0.25) is 0 Å². The van der Waals surface area contributed by atoms with E-state index in [-0.39, 0.29) is 5.41 Å². The second-order valence-corrected chi connectivity index (χ2v) is 7.34. The maximum absolute atomic E-state index is 5.89. The zero-order chi connectivity index (χ0) is 16.8. The monoisotopic (exact) mass is 341 g/mol. The number of rotatable bonds is 6. The fourth-order valence-electron chi connectivity index (χ4n) is 3.03. The Morgan fingerprint density at radius 3 is 2.46 bits per heavy atom. The van der Waals surface area contributed by atoms with Crippen molar-refractivity contribution in [3.63, 3.8) is 0 Å². The van der Waals surface area contributed by atoms with Crippen LogP contribution >= 0.6 is 11.8 Å². The Bertz CT molecular complexity index is 675. The third-order valence-electron chi connectivity index (χ3n) is 4.59. The molecule has 0 aliphatic carbocycles. The van der Waals surface area contributed by atoms with Gasteiger partial charge in [-0.05, 0) is 31.0 Å². The molecule has 2 aromatic carbocycles. The van der Waals surface area contributed by atoms with E-state index < -0.39 is 0 Å². The van der Waals surface area contributed by atoms with Gasteiger partial charge in [-0.1, -0.05) is 53.7 Å². The van der Waals surface area contributed by atoms with Crippen molar-refractivity contribution >= 4 is 17.7 Å². The Morgan fingerprint density at radius 1 is 1.12 bits per heavy atom. The molecule has 1 saturated heterocycles. The van der Waals surface area contributed by atoms with Crippen molar-refractivity contribution in [1.82, 2.24) is 0 Å². The fourth-order valence-corrected chi connectivity index (χ4v) is 4.20. The van der Waals surface area contributed by atoms with Crippen LogP contribution in [-0.4, -0.2) is 25.4 Å². The van der Waals surface area contributed by atoms with Crippen molar-refractivity contribution in [2.45, 2.75) is 18.2 Å². The van der Waals surface area contributed by atoms with E-state index >= 15 is 0 Å². The van der Waals surface area contributed by atoms with Gasteiger partial charge in [-0.15, -0.1) is 11.8 Å². The number of nitrogens with zero attached hydrogens (tertiary/aromatic N) is 1. The summed E-state index contributed by atoms with van der Waals surface area (Å²) in [6, 6.07) is 21.1. The standard InChI is InChI=1S/C20H23NO2S/c1-20(15-24-18-11-7-4-8-12-18)17(14-23-19(20)21-22-2)13-16-9-5-3-6-10-16/h3-12,17H,13-15H2,1-2H3/b21-19-/t17-,20+/m1/s1. The Balaban J connectivity index is 1.78. The molecule has 3 rings (SSSR count). The maximum atomic E-state index is 5.89. The fraction of sp³-hybridized carbons (Fsp3) is 0.350. The van der Waals surface area contributed by atoms with Gasteiger partial charge in [-0.2, -0.15) is 0 Å². The third kappa shape index (κ3) is 3.75. The minimum absolute atomic E-state index is 0.146. The lowest BCUT2D eigenvalue weighted by Crippen LogP contribution is -2.34. The molecule has 0 aromatic heterocycles. The molecule has 0 saturated carbocycles. The number of ether oxygens (including phenoxy) is 1. The number of oxime groups is 1. The first-order chi connectivity index (χ1) is 11.7. The molecule has 0 spiro atoms. The van der Waals surface area contributed by atoms with E-state index in [1.165, 1.54) is 10.5 Å². The summed E-state index contributed by atoms with van der Waals surface area (Å²) in [6.45, 7) is 2.92. The summed E-state index contributed by atoms with van der Waals surface area (Å²) in [5.41, 5.74) is 1.19. The van der Waals surface area contributed by atoms with Crippen molar-refractivity contribution in [1.29, 1.82) is 0 Å². The first-order valence-electron chi connectivity index (χ1n) is 8.18. The van der Waals surface area contributed by atoms with Crippen LogP contribution in [0.25, 0.3) is 0 Å². The Kier molecular flexibility index (Phi) is 5.46. The first kappa shape index (κ1) is 16.9. The van der Waals surface area contributed by atoms with E-state index in [0.717, 1.165) is 18.1 Å². The van der Waals surface area contributed by atoms with E-state index in [9.17, 15) is 0 Å². The van der Waals surface area contributed by atoms with Gasteiger partial charge < -0.3 is 9.57 Å². The molecule has 2 atom stereocenters. The lowest BCUT2D eigenvalue weighted by molar-refractivity contribution is 0.194. The highest BCUT2D eigenvalue weighted by Gasteiger charge is 2.47. The molecular formula is C20H23NO2S. The predicted octanol–water partition coefficient (Wildman–Crippen LogP) is 4.63. The molecule has 126 valence electrons. The summed E-state index contributed by atoms with van der Waals surface area (Å²) < 4.78 is 5.89. The summed E-state index contributed by atoms with van der Waals surface area (Å²) in [5.74, 6) is 2.01. The van der Waals surface area contributed by atoms with Gasteiger partial charge in [0.15, 0.2) is 0 Å². The molecule has 1 aliphatic rings. The minimum atomic E-state index is -0.146. The van der Waals surface area contributed by atoms with Gasteiger partial charge in [0.05, 0.1) is 12.0 Å². The van der Waals surface area contributed by atoms with Crippen molar-refractivity contribution < 1.29 is 9.57 Å². The molecule has 0 bridgehead atoms. The molecule has 1 aliphatic heterocycles. The average molecular weight is 341 g/mol. The number of benzene rings is 2. The molecule has 3 nitrogen and oxygen atoms in total. The van der Waals surface area contributed by atoms with Crippen LogP contribution in [0.4, 0.5) is 0 Å². The van der Waals surface area contributed by atoms with E-state index in [4.69, 9.17) is 9.57 Å². The van der Waals surface area contributed by atoms with Gasteiger partial charge in [0.25, 0.3) is 0 Å². The SMILES string of the molecule is CO/N=C1\OC[C@@H](Cc2ccccc2)[C@]1(C)CSc1ccccc1. The summed E-state index contributed by atoms with van der Waals surface area (Å²) >= 11 is 1.84. The number of thioether (sulfide) groups is 1. The molecule has 0 N–H and O–H groups in total. The van der Waals surface area contributed by atoms with Gasteiger partial charge in [0.2, 0.25) is 5.90 Å². The summed E-state index contributed by atoms with van der Waals surface area (Å²) in [7, 11) is 1.58. The molecule has 1 fully saturated rings. The van der Waals surface area contributed by atoms with Crippen molar-refractivity contribution in [2.75, 3.05) is 19.5 Å². The van der Waals surface area contributed by atoms with Crippen LogP contribution in [0, 0.1) is 11.3 Å². The van der Waals surface area contributed by atoms with Crippen LogP contribution in [0.3, 0.4) is 0 Å². The van der Waals surface area contributed by atoms with Crippen LogP contribution in [-0.2, 0) is 16.0 Å². The van der Waals surface area contributed by atoms with E-state index in [2.05, 4.69) is 66.7 Å². The lowest BCUT2D eigenvalue weighted by Gasteiger charge is -2.28. The largest absolute Gasteiger partial charge is 0.478 e. The smallest absolute Gasteiger partial charge is 0.232 e. The molecule has 0 amide bonds. The Labute approximate surface area is 148 Å². The second-order valence-electron chi connectivity index (χ2n) is 6.30. The van der Waals surface area contributed by atoms with Crippen molar-refractivity contribution in [3.8, 4) is 0 Å². The molecule has 4 heteroatoms. The quantitative estimate of drug-likeness (QED) is 0.567. The number of hydrogen-bond acceptors (Lipinski definition) is 4. The molecule has 2 aromatic rings. The van der Waals surface area contributed by atoms with Crippen LogP contribution in [0.15, 0.2) is 70.7 Å². The normalized spacial score (nSPS) is 24.8. The highest BCUT2D eigenvalue weighted by molar-refractivity contribution is 7.99. The second kappa shape index (κ2) is 7.75. The van der Waals surface area contributed by atoms with Gasteiger partial charge >= 0.3 is 0 Å². The Morgan fingerprint density at radius 2 is 1.79 bits per heavy atom. The number of hydrogen-bond donors (Lipinski definition) is 0. The maximum Gasteiger partial charge on any atom is 0.232 e. The van der Waals surface area contributed by atoms with Gasteiger partial charge in [0.1, 0.15) is 7.11 Å². The molecule has 1 heterocycles. The molecule has 0 unspecified atom stereocenters. The van der Waals surface area contributed by atoms with Crippen LogP contribution in [0.5, 0.6) is 0 Å². The van der Waals surface area contributed by atoms with E-state index in [1.807, 2.05) is 17.8 Å². The van der Waals surface area contributed by atoms with Gasteiger partial charge in [0, 0.05) is 16.6 Å². The zero-order valence-corrected chi connectivity index (χ0v) is 15.0.